The minimum absolute atomic E-state index is 0.174. The molecule has 2 aromatic rings. The van der Waals surface area contributed by atoms with E-state index in [1.165, 1.54) is 6.07 Å². The Balaban J connectivity index is 1.93. The van der Waals surface area contributed by atoms with Crippen LogP contribution in [-0.2, 0) is 4.79 Å². The van der Waals surface area contributed by atoms with Crippen molar-refractivity contribution in [3.63, 3.8) is 0 Å². The monoisotopic (exact) mass is 302 g/mol. The highest BCUT2D eigenvalue weighted by Crippen LogP contribution is 2.20. The predicted molar refractivity (Wildman–Crippen MR) is 88.1 cm³/mol. The molecule has 0 fully saturated rings. The standard InChI is InChI=1S/C17H22N2O3/c1-3-7-16(20)19(2)11-6-10-18-14-12-17(21)22-15-9-5-4-8-13(14)15/h4-5,8-9,12,18H,3,6-7,10-11H2,1-2H3. The Bertz CT molecular complexity index is 694. The van der Waals surface area contributed by atoms with Crippen molar-refractivity contribution < 1.29 is 9.21 Å². The Labute approximate surface area is 129 Å². The Morgan fingerprint density at radius 1 is 1.32 bits per heavy atom. The summed E-state index contributed by atoms with van der Waals surface area (Å²) in [6.07, 6.45) is 2.28. The van der Waals surface area contributed by atoms with Gasteiger partial charge in [0.05, 0.1) is 5.69 Å². The third kappa shape index (κ3) is 4.10. The Morgan fingerprint density at radius 2 is 2.09 bits per heavy atom. The van der Waals surface area contributed by atoms with Gasteiger partial charge >= 0.3 is 5.63 Å². The summed E-state index contributed by atoms with van der Waals surface area (Å²) < 4.78 is 5.16. The molecule has 0 unspecified atom stereocenters. The van der Waals surface area contributed by atoms with Crippen LogP contribution in [0.1, 0.15) is 26.2 Å². The van der Waals surface area contributed by atoms with Gasteiger partial charge in [-0.1, -0.05) is 19.1 Å². The van der Waals surface area contributed by atoms with Gasteiger partial charge in [-0.2, -0.15) is 0 Å². The number of carbonyl (C=O) groups is 1. The van der Waals surface area contributed by atoms with Crippen LogP contribution >= 0.6 is 0 Å². The van der Waals surface area contributed by atoms with E-state index in [9.17, 15) is 9.59 Å². The topological polar surface area (TPSA) is 62.6 Å². The molecule has 5 nitrogen and oxygen atoms in total. The van der Waals surface area contributed by atoms with Crippen LogP contribution in [0.3, 0.4) is 0 Å². The van der Waals surface area contributed by atoms with Crippen molar-refractivity contribution in [1.29, 1.82) is 0 Å². The lowest BCUT2D eigenvalue weighted by atomic mass is 10.2. The van der Waals surface area contributed by atoms with Crippen LogP contribution in [0, 0.1) is 0 Å². The van der Waals surface area contributed by atoms with Gasteiger partial charge in [-0.3, -0.25) is 4.79 Å². The second-order valence-electron chi connectivity index (χ2n) is 5.32. The van der Waals surface area contributed by atoms with E-state index in [1.54, 1.807) is 11.0 Å². The second-order valence-corrected chi connectivity index (χ2v) is 5.32. The van der Waals surface area contributed by atoms with E-state index < -0.39 is 0 Å². The SMILES string of the molecule is CCCC(=O)N(C)CCCNc1cc(=O)oc2ccccc12. The number of nitrogens with one attached hydrogen (secondary N) is 1. The minimum atomic E-state index is -0.364. The lowest BCUT2D eigenvalue weighted by molar-refractivity contribution is -0.129. The van der Waals surface area contributed by atoms with Crippen molar-refractivity contribution >= 4 is 22.6 Å². The normalized spacial score (nSPS) is 10.6. The number of amides is 1. The number of rotatable bonds is 7. The van der Waals surface area contributed by atoms with Crippen molar-refractivity contribution in [3.8, 4) is 0 Å². The minimum Gasteiger partial charge on any atom is -0.423 e. The first-order valence-electron chi connectivity index (χ1n) is 7.62. The third-order valence-electron chi connectivity index (χ3n) is 3.53. The highest BCUT2D eigenvalue weighted by atomic mass is 16.4. The fraction of sp³-hybridized carbons (Fsp3) is 0.412. The maximum Gasteiger partial charge on any atom is 0.338 e. The van der Waals surface area contributed by atoms with E-state index >= 15 is 0 Å². The quantitative estimate of drug-likeness (QED) is 0.631. The molecule has 1 heterocycles. The molecule has 22 heavy (non-hydrogen) atoms. The molecular weight excluding hydrogens is 280 g/mol. The van der Waals surface area contributed by atoms with Gasteiger partial charge in [0.1, 0.15) is 5.58 Å². The third-order valence-corrected chi connectivity index (χ3v) is 3.53. The molecule has 1 amide bonds. The molecule has 5 heteroatoms. The van der Waals surface area contributed by atoms with E-state index in [0.29, 0.717) is 25.1 Å². The molecule has 0 aliphatic carbocycles. The Kier molecular flexibility index (Phi) is 5.58. The van der Waals surface area contributed by atoms with E-state index in [4.69, 9.17) is 4.42 Å². The molecule has 1 aromatic heterocycles. The summed E-state index contributed by atoms with van der Waals surface area (Å²) in [5.41, 5.74) is 0.985. The number of anilines is 1. The fourth-order valence-corrected chi connectivity index (χ4v) is 2.33. The maximum absolute atomic E-state index is 11.7. The Hall–Kier alpha value is -2.30. The molecule has 0 aliphatic rings. The van der Waals surface area contributed by atoms with Gasteiger partial charge in [-0.05, 0) is 25.0 Å². The maximum atomic E-state index is 11.7. The lowest BCUT2D eigenvalue weighted by Crippen LogP contribution is -2.28. The molecule has 0 spiro atoms. The molecule has 1 aromatic carbocycles. The number of nitrogens with zero attached hydrogens (tertiary/aromatic N) is 1. The largest absolute Gasteiger partial charge is 0.423 e. The van der Waals surface area contributed by atoms with Gasteiger partial charge in [-0.25, -0.2) is 4.79 Å². The lowest BCUT2D eigenvalue weighted by Gasteiger charge is -2.17. The number of fused-ring (bicyclic) bond motifs is 1. The van der Waals surface area contributed by atoms with Crippen molar-refractivity contribution in [1.82, 2.24) is 4.90 Å². The summed E-state index contributed by atoms with van der Waals surface area (Å²) in [4.78, 5) is 25.0. The number of hydrogen-bond acceptors (Lipinski definition) is 4. The molecule has 0 saturated carbocycles. The zero-order valence-electron chi connectivity index (χ0n) is 13.1. The summed E-state index contributed by atoms with van der Waals surface area (Å²) in [7, 11) is 1.82. The van der Waals surface area contributed by atoms with E-state index in [1.807, 2.05) is 32.2 Å². The van der Waals surface area contributed by atoms with Crippen LogP contribution in [0.2, 0.25) is 0 Å². The first-order chi connectivity index (χ1) is 10.6. The van der Waals surface area contributed by atoms with Crippen molar-refractivity contribution in [2.75, 3.05) is 25.5 Å². The number of hydrogen-bond donors (Lipinski definition) is 1. The van der Waals surface area contributed by atoms with E-state index in [0.717, 1.165) is 23.9 Å². The van der Waals surface area contributed by atoms with Crippen LogP contribution < -0.4 is 10.9 Å². The average molecular weight is 302 g/mol. The van der Waals surface area contributed by atoms with Gasteiger partial charge < -0.3 is 14.6 Å². The van der Waals surface area contributed by atoms with Crippen LogP contribution in [0.25, 0.3) is 11.0 Å². The zero-order chi connectivity index (χ0) is 15.9. The molecule has 0 bridgehead atoms. The first-order valence-corrected chi connectivity index (χ1v) is 7.62. The van der Waals surface area contributed by atoms with Gasteiger partial charge in [0, 0.05) is 38.0 Å². The van der Waals surface area contributed by atoms with Crippen molar-refractivity contribution in [3.05, 3.63) is 40.8 Å². The first kappa shape index (κ1) is 16.1. The summed E-state index contributed by atoms with van der Waals surface area (Å²) >= 11 is 0. The number of para-hydroxylation sites is 1. The van der Waals surface area contributed by atoms with Gasteiger partial charge in [0.15, 0.2) is 0 Å². The smallest absolute Gasteiger partial charge is 0.338 e. The van der Waals surface area contributed by atoms with Gasteiger partial charge in [-0.15, -0.1) is 0 Å². The van der Waals surface area contributed by atoms with Crippen LogP contribution in [0.4, 0.5) is 5.69 Å². The average Bonchev–Trinajstić information content (AvgIpc) is 2.51. The predicted octanol–water partition coefficient (Wildman–Crippen LogP) is 2.85. The number of benzene rings is 1. The zero-order valence-corrected chi connectivity index (χ0v) is 13.1. The molecule has 1 N–H and O–H groups in total. The number of carbonyl (C=O) groups excluding carboxylic acids is 1. The molecular formula is C17H22N2O3. The van der Waals surface area contributed by atoms with Crippen molar-refractivity contribution in [2.45, 2.75) is 26.2 Å². The summed E-state index contributed by atoms with van der Waals surface area (Å²) in [6, 6.07) is 8.90. The molecule has 118 valence electrons. The summed E-state index contributed by atoms with van der Waals surface area (Å²) in [5, 5.41) is 4.14. The van der Waals surface area contributed by atoms with E-state index in [-0.39, 0.29) is 11.5 Å². The van der Waals surface area contributed by atoms with Crippen molar-refractivity contribution in [2.24, 2.45) is 0 Å². The van der Waals surface area contributed by atoms with Gasteiger partial charge in [0.25, 0.3) is 0 Å². The summed E-state index contributed by atoms with van der Waals surface area (Å²) in [6.45, 7) is 3.39. The van der Waals surface area contributed by atoms with Crippen LogP contribution in [-0.4, -0.2) is 30.9 Å². The molecule has 0 saturated heterocycles. The second kappa shape index (κ2) is 7.64. The van der Waals surface area contributed by atoms with E-state index in [2.05, 4.69) is 5.32 Å². The highest BCUT2D eigenvalue weighted by Gasteiger charge is 2.07. The molecule has 2 rings (SSSR count). The van der Waals surface area contributed by atoms with Crippen LogP contribution in [0.5, 0.6) is 0 Å². The Morgan fingerprint density at radius 3 is 2.86 bits per heavy atom. The molecule has 0 radical (unpaired) electrons. The van der Waals surface area contributed by atoms with Crippen LogP contribution in [0.15, 0.2) is 39.5 Å². The fourth-order valence-electron chi connectivity index (χ4n) is 2.33. The molecule has 0 atom stereocenters. The highest BCUT2D eigenvalue weighted by molar-refractivity contribution is 5.89. The van der Waals surface area contributed by atoms with Gasteiger partial charge in [0.2, 0.25) is 5.91 Å². The summed E-state index contributed by atoms with van der Waals surface area (Å²) in [5.74, 6) is 0.174. The molecule has 0 aliphatic heterocycles.